The van der Waals surface area contributed by atoms with Gasteiger partial charge in [-0.25, -0.2) is 18.4 Å². The smallest absolute Gasteiger partial charge is 0.407 e. The van der Waals surface area contributed by atoms with Crippen LogP contribution in [0.1, 0.15) is 33.0 Å². The topological polar surface area (TPSA) is 75.6 Å². The minimum Gasteiger partial charge on any atom is -0.478 e. The van der Waals surface area contributed by atoms with E-state index in [4.69, 9.17) is 9.84 Å². The lowest BCUT2D eigenvalue weighted by Crippen LogP contribution is -2.26. The van der Waals surface area contributed by atoms with Gasteiger partial charge in [0.15, 0.2) is 0 Å². The summed E-state index contributed by atoms with van der Waals surface area (Å²) in [6.07, 6.45) is -0.688. The van der Waals surface area contributed by atoms with Gasteiger partial charge in [-0.3, -0.25) is 0 Å². The van der Waals surface area contributed by atoms with Crippen molar-refractivity contribution in [2.24, 2.45) is 0 Å². The highest BCUT2D eigenvalue weighted by atomic mass is 19.1. The van der Waals surface area contributed by atoms with Gasteiger partial charge in [0.05, 0.1) is 17.7 Å². The van der Waals surface area contributed by atoms with Crippen LogP contribution in [0.3, 0.4) is 0 Å². The molecule has 7 heteroatoms. The van der Waals surface area contributed by atoms with Crippen LogP contribution in [0.5, 0.6) is 0 Å². The molecule has 0 saturated heterocycles. The van der Waals surface area contributed by atoms with Gasteiger partial charge in [0.2, 0.25) is 0 Å². The van der Waals surface area contributed by atoms with Gasteiger partial charge in [-0.05, 0) is 28.3 Å². The van der Waals surface area contributed by atoms with Gasteiger partial charge in [0.1, 0.15) is 18.2 Å². The van der Waals surface area contributed by atoms with E-state index in [-0.39, 0.29) is 24.6 Å². The highest BCUT2D eigenvalue weighted by Gasteiger charge is 2.28. The largest absolute Gasteiger partial charge is 0.478 e. The van der Waals surface area contributed by atoms with E-state index in [0.29, 0.717) is 6.07 Å². The Balaban J connectivity index is 1.37. The first-order valence-electron chi connectivity index (χ1n) is 9.75. The predicted octanol–water partition coefficient (Wildman–Crippen LogP) is 4.55. The standard InChI is InChI=1S/C25H17F2NO4/c26-22-13-23(27)20(24(29)30)12-15(22)6-5-11-28-25(31)32-14-21-18-9-3-1-7-16(18)17-8-2-4-10-19(17)21/h1-4,7-10,12-13,21H,11,14H2,(H,28,31)(H,29,30). The molecular formula is C25H17F2NO4. The van der Waals surface area contributed by atoms with Gasteiger partial charge in [0, 0.05) is 12.0 Å². The molecule has 1 aliphatic rings. The summed E-state index contributed by atoms with van der Waals surface area (Å²) in [5, 5.41) is 11.4. The summed E-state index contributed by atoms with van der Waals surface area (Å²) in [5.41, 5.74) is 3.44. The van der Waals surface area contributed by atoms with Gasteiger partial charge in [0.25, 0.3) is 0 Å². The summed E-state index contributed by atoms with van der Waals surface area (Å²) in [6, 6.07) is 17.2. The molecule has 1 aliphatic carbocycles. The fourth-order valence-corrected chi connectivity index (χ4v) is 3.71. The Morgan fingerprint density at radius 1 is 0.969 bits per heavy atom. The number of carbonyl (C=O) groups is 2. The van der Waals surface area contributed by atoms with Crippen LogP contribution in [0.2, 0.25) is 0 Å². The number of alkyl carbamates (subject to hydrolysis) is 1. The van der Waals surface area contributed by atoms with Gasteiger partial charge in [-0.1, -0.05) is 60.4 Å². The second-order valence-electron chi connectivity index (χ2n) is 7.10. The van der Waals surface area contributed by atoms with Crippen molar-refractivity contribution < 1.29 is 28.2 Å². The maximum Gasteiger partial charge on any atom is 0.407 e. The van der Waals surface area contributed by atoms with Crippen LogP contribution in [0.25, 0.3) is 11.1 Å². The van der Waals surface area contributed by atoms with Gasteiger partial charge >= 0.3 is 12.1 Å². The van der Waals surface area contributed by atoms with Crippen molar-refractivity contribution in [3.63, 3.8) is 0 Å². The number of aromatic carboxylic acids is 1. The lowest BCUT2D eigenvalue weighted by molar-refractivity contribution is 0.0691. The number of benzene rings is 3. The number of carbonyl (C=O) groups excluding carboxylic acids is 1. The maximum absolute atomic E-state index is 13.8. The van der Waals surface area contributed by atoms with Gasteiger partial charge in [-0.15, -0.1) is 0 Å². The molecule has 0 spiro atoms. The van der Waals surface area contributed by atoms with E-state index in [1.807, 2.05) is 48.5 Å². The number of fused-ring (bicyclic) bond motifs is 3. The van der Waals surface area contributed by atoms with E-state index >= 15 is 0 Å². The SMILES string of the molecule is O=C(NCC#Cc1cc(C(=O)O)c(F)cc1F)OCC1c2ccccc2-c2ccccc21. The monoisotopic (exact) mass is 433 g/mol. The number of ether oxygens (including phenoxy) is 1. The van der Waals surface area contributed by atoms with Crippen LogP contribution in [-0.2, 0) is 4.74 Å². The molecular weight excluding hydrogens is 416 g/mol. The third-order valence-electron chi connectivity index (χ3n) is 5.17. The first-order valence-corrected chi connectivity index (χ1v) is 9.75. The minimum atomic E-state index is -1.53. The first kappa shape index (κ1) is 21.1. The van der Waals surface area contributed by atoms with Crippen molar-refractivity contribution in [2.75, 3.05) is 13.2 Å². The Kier molecular flexibility index (Phi) is 5.86. The molecule has 0 heterocycles. The van der Waals surface area contributed by atoms with Crippen molar-refractivity contribution in [2.45, 2.75) is 5.92 Å². The number of nitrogens with one attached hydrogen (secondary N) is 1. The van der Waals surface area contributed by atoms with E-state index in [1.165, 1.54) is 0 Å². The molecule has 0 radical (unpaired) electrons. The number of hydrogen-bond donors (Lipinski definition) is 2. The zero-order valence-electron chi connectivity index (χ0n) is 16.7. The lowest BCUT2D eigenvalue weighted by atomic mass is 9.98. The third kappa shape index (κ3) is 4.16. The second kappa shape index (κ2) is 8.90. The molecule has 160 valence electrons. The van der Waals surface area contributed by atoms with E-state index < -0.39 is 29.3 Å². The molecule has 0 bridgehead atoms. The number of halogens is 2. The molecule has 32 heavy (non-hydrogen) atoms. The number of amides is 1. The Hall–Kier alpha value is -4.18. The van der Waals surface area contributed by atoms with E-state index in [9.17, 15) is 18.4 Å². The highest BCUT2D eigenvalue weighted by Crippen LogP contribution is 2.44. The van der Waals surface area contributed by atoms with Crippen molar-refractivity contribution in [1.29, 1.82) is 0 Å². The number of hydrogen-bond acceptors (Lipinski definition) is 3. The van der Waals surface area contributed by atoms with Crippen LogP contribution < -0.4 is 5.32 Å². The van der Waals surface area contributed by atoms with Crippen LogP contribution in [0.15, 0.2) is 60.7 Å². The fraction of sp³-hybridized carbons (Fsp3) is 0.120. The van der Waals surface area contributed by atoms with Gasteiger partial charge < -0.3 is 15.2 Å². The average molecular weight is 433 g/mol. The maximum atomic E-state index is 13.8. The summed E-state index contributed by atoms with van der Waals surface area (Å²) in [7, 11) is 0. The van der Waals surface area contributed by atoms with Crippen molar-refractivity contribution in [3.05, 3.63) is 94.6 Å². The predicted molar refractivity (Wildman–Crippen MR) is 113 cm³/mol. The number of carboxylic acid groups (broad SMARTS) is 1. The van der Waals surface area contributed by atoms with E-state index in [0.717, 1.165) is 28.3 Å². The zero-order valence-corrected chi connectivity index (χ0v) is 16.7. The molecule has 0 fully saturated rings. The van der Waals surface area contributed by atoms with Crippen molar-refractivity contribution >= 4 is 12.1 Å². The molecule has 0 unspecified atom stereocenters. The molecule has 0 aliphatic heterocycles. The van der Waals surface area contributed by atoms with Crippen LogP contribution in [-0.4, -0.2) is 30.3 Å². The van der Waals surface area contributed by atoms with Crippen LogP contribution >= 0.6 is 0 Å². The van der Waals surface area contributed by atoms with Gasteiger partial charge in [-0.2, -0.15) is 0 Å². The van der Waals surface area contributed by atoms with Crippen LogP contribution in [0.4, 0.5) is 13.6 Å². The molecule has 0 atom stereocenters. The van der Waals surface area contributed by atoms with E-state index in [2.05, 4.69) is 17.2 Å². The lowest BCUT2D eigenvalue weighted by Gasteiger charge is -2.14. The molecule has 3 aromatic carbocycles. The minimum absolute atomic E-state index is 0.0815. The number of rotatable bonds is 4. The normalized spacial score (nSPS) is 11.7. The zero-order chi connectivity index (χ0) is 22.7. The Morgan fingerprint density at radius 3 is 2.22 bits per heavy atom. The molecule has 2 N–H and O–H groups in total. The van der Waals surface area contributed by atoms with Crippen molar-refractivity contribution in [1.82, 2.24) is 5.32 Å². The second-order valence-corrected chi connectivity index (χ2v) is 7.10. The molecule has 4 rings (SSSR count). The number of carboxylic acids is 1. The molecule has 0 aromatic heterocycles. The molecule has 3 aromatic rings. The quantitative estimate of drug-likeness (QED) is 0.592. The summed E-state index contributed by atoms with van der Waals surface area (Å²) in [4.78, 5) is 23.0. The summed E-state index contributed by atoms with van der Waals surface area (Å²) < 4.78 is 32.6. The first-order chi connectivity index (χ1) is 15.5. The summed E-state index contributed by atoms with van der Waals surface area (Å²) in [6.45, 7) is -0.0161. The summed E-state index contributed by atoms with van der Waals surface area (Å²) >= 11 is 0. The van der Waals surface area contributed by atoms with E-state index in [1.54, 1.807) is 0 Å². The Bertz CT molecular complexity index is 1230. The van der Waals surface area contributed by atoms with Crippen molar-refractivity contribution in [3.8, 4) is 23.0 Å². The third-order valence-corrected chi connectivity index (χ3v) is 5.17. The molecule has 5 nitrogen and oxygen atoms in total. The highest BCUT2D eigenvalue weighted by molar-refractivity contribution is 5.88. The Morgan fingerprint density at radius 2 is 1.59 bits per heavy atom. The Labute approximate surface area is 182 Å². The molecule has 0 saturated carbocycles. The average Bonchev–Trinajstić information content (AvgIpc) is 3.10. The van der Waals surface area contributed by atoms with Crippen LogP contribution in [0, 0.1) is 23.5 Å². The molecule has 1 amide bonds. The summed E-state index contributed by atoms with van der Waals surface area (Å²) in [5.74, 6) is 1.11. The fourth-order valence-electron chi connectivity index (χ4n) is 3.71.